The summed E-state index contributed by atoms with van der Waals surface area (Å²) in [5, 5.41) is 2.75. The molecule has 0 saturated carbocycles. The molecule has 9 heteroatoms. The minimum absolute atomic E-state index is 0.00172. The SMILES string of the molecule is CCc1c(F)c(F)c(F)c(F)c1OC(=O)C(C)(C)CC(C)(C)NC(=O)OCC1c2ccccc2-c2ccccc21. The van der Waals surface area contributed by atoms with Crippen LogP contribution in [0.4, 0.5) is 22.4 Å². The maximum atomic E-state index is 14.4. The van der Waals surface area contributed by atoms with E-state index in [1.54, 1.807) is 13.8 Å². The second kappa shape index (κ2) is 10.9. The summed E-state index contributed by atoms with van der Waals surface area (Å²) in [5.74, 6) is -9.55. The smallest absolute Gasteiger partial charge is 0.407 e. The van der Waals surface area contributed by atoms with Crippen molar-refractivity contribution in [3.05, 3.63) is 88.5 Å². The Labute approximate surface area is 230 Å². The van der Waals surface area contributed by atoms with Crippen LogP contribution in [0.25, 0.3) is 11.1 Å². The van der Waals surface area contributed by atoms with Gasteiger partial charge >= 0.3 is 12.1 Å². The molecule has 5 nitrogen and oxygen atoms in total. The van der Waals surface area contributed by atoms with Gasteiger partial charge in [-0.2, -0.15) is 4.39 Å². The first kappa shape index (κ1) is 29.1. The number of amides is 1. The Bertz CT molecular complexity index is 1420. The molecule has 0 spiro atoms. The van der Waals surface area contributed by atoms with Crippen LogP contribution < -0.4 is 10.1 Å². The molecule has 0 atom stereocenters. The fourth-order valence-corrected chi connectivity index (χ4v) is 5.44. The van der Waals surface area contributed by atoms with E-state index in [4.69, 9.17) is 9.47 Å². The zero-order chi connectivity index (χ0) is 29.4. The lowest BCUT2D eigenvalue weighted by molar-refractivity contribution is -0.145. The van der Waals surface area contributed by atoms with Crippen LogP contribution in [0.15, 0.2) is 48.5 Å². The second-order valence-electron chi connectivity index (χ2n) is 11.2. The molecule has 0 bridgehead atoms. The maximum Gasteiger partial charge on any atom is 0.407 e. The molecule has 4 rings (SSSR count). The van der Waals surface area contributed by atoms with Gasteiger partial charge in [0.15, 0.2) is 17.4 Å². The minimum Gasteiger partial charge on any atom is -0.449 e. The number of hydrogen-bond donors (Lipinski definition) is 1. The second-order valence-corrected chi connectivity index (χ2v) is 11.2. The molecule has 0 unspecified atom stereocenters. The van der Waals surface area contributed by atoms with E-state index in [9.17, 15) is 27.2 Å². The van der Waals surface area contributed by atoms with E-state index >= 15 is 0 Å². The fraction of sp³-hybridized carbons (Fsp3) is 0.355. The number of esters is 1. The number of ether oxygens (including phenoxy) is 2. The third-order valence-corrected chi connectivity index (χ3v) is 7.09. The third-order valence-electron chi connectivity index (χ3n) is 7.09. The van der Waals surface area contributed by atoms with Gasteiger partial charge in [0, 0.05) is 17.0 Å². The Hall–Kier alpha value is -3.88. The number of hydrogen-bond acceptors (Lipinski definition) is 4. The highest BCUT2D eigenvalue weighted by molar-refractivity contribution is 5.80. The molecule has 212 valence electrons. The van der Waals surface area contributed by atoms with Crippen molar-refractivity contribution in [1.29, 1.82) is 0 Å². The third kappa shape index (κ3) is 5.55. The van der Waals surface area contributed by atoms with Crippen LogP contribution in [-0.4, -0.2) is 24.2 Å². The Morgan fingerprint density at radius 1 is 0.825 bits per heavy atom. The highest BCUT2D eigenvalue weighted by atomic mass is 19.2. The number of benzene rings is 3. The summed E-state index contributed by atoms with van der Waals surface area (Å²) in [4.78, 5) is 25.8. The first-order valence-corrected chi connectivity index (χ1v) is 13.0. The Morgan fingerprint density at radius 2 is 1.35 bits per heavy atom. The van der Waals surface area contributed by atoms with Gasteiger partial charge in [0.1, 0.15) is 6.61 Å². The molecule has 0 saturated heterocycles. The molecule has 40 heavy (non-hydrogen) atoms. The molecular formula is C31H31F4NO4. The topological polar surface area (TPSA) is 64.6 Å². The van der Waals surface area contributed by atoms with Crippen LogP contribution in [0.2, 0.25) is 0 Å². The summed E-state index contributed by atoms with van der Waals surface area (Å²) in [5.41, 5.74) is 1.37. The lowest BCUT2D eigenvalue weighted by Gasteiger charge is -2.34. The number of nitrogens with one attached hydrogen (secondary N) is 1. The van der Waals surface area contributed by atoms with E-state index in [0.717, 1.165) is 22.3 Å². The number of halogens is 4. The molecule has 1 N–H and O–H groups in total. The van der Waals surface area contributed by atoms with Gasteiger partial charge in [-0.15, -0.1) is 0 Å². The molecule has 0 fully saturated rings. The van der Waals surface area contributed by atoms with Gasteiger partial charge in [0.05, 0.1) is 5.41 Å². The molecular weight excluding hydrogens is 526 g/mol. The lowest BCUT2D eigenvalue weighted by atomic mass is 9.80. The molecule has 3 aromatic carbocycles. The lowest BCUT2D eigenvalue weighted by Crippen LogP contribution is -2.48. The number of rotatable bonds is 8. The number of alkyl carbamates (subject to hydrolysis) is 1. The summed E-state index contributed by atoms with van der Waals surface area (Å²) < 4.78 is 66.8. The summed E-state index contributed by atoms with van der Waals surface area (Å²) in [6.45, 7) is 7.78. The Morgan fingerprint density at radius 3 is 1.90 bits per heavy atom. The predicted octanol–water partition coefficient (Wildman–Crippen LogP) is 7.44. The molecule has 0 heterocycles. The van der Waals surface area contributed by atoms with Crippen LogP contribution in [0.5, 0.6) is 5.75 Å². The maximum absolute atomic E-state index is 14.4. The van der Waals surface area contributed by atoms with Crippen molar-refractivity contribution in [1.82, 2.24) is 5.32 Å². The molecule has 1 aliphatic carbocycles. The van der Waals surface area contributed by atoms with Gasteiger partial charge in [-0.1, -0.05) is 55.5 Å². The van der Waals surface area contributed by atoms with Crippen LogP contribution in [-0.2, 0) is 16.0 Å². The van der Waals surface area contributed by atoms with Crippen molar-refractivity contribution >= 4 is 12.1 Å². The van der Waals surface area contributed by atoms with E-state index in [0.29, 0.717) is 0 Å². The molecule has 1 aliphatic rings. The van der Waals surface area contributed by atoms with Gasteiger partial charge in [-0.25, -0.2) is 18.0 Å². The van der Waals surface area contributed by atoms with Crippen LogP contribution in [0.3, 0.4) is 0 Å². The zero-order valence-electron chi connectivity index (χ0n) is 23.0. The summed E-state index contributed by atoms with van der Waals surface area (Å²) >= 11 is 0. The molecule has 0 aromatic heterocycles. The molecule has 1 amide bonds. The van der Waals surface area contributed by atoms with E-state index in [2.05, 4.69) is 5.32 Å². The van der Waals surface area contributed by atoms with Gasteiger partial charge in [-0.3, -0.25) is 4.79 Å². The summed E-state index contributed by atoms with van der Waals surface area (Å²) in [6, 6.07) is 15.9. The predicted molar refractivity (Wildman–Crippen MR) is 142 cm³/mol. The fourth-order valence-electron chi connectivity index (χ4n) is 5.44. The molecule has 3 aromatic rings. The average Bonchev–Trinajstić information content (AvgIpc) is 3.22. The number of carbonyl (C=O) groups is 2. The summed E-state index contributed by atoms with van der Waals surface area (Å²) in [6.07, 6.45) is -0.936. The van der Waals surface area contributed by atoms with Gasteiger partial charge in [0.2, 0.25) is 11.6 Å². The van der Waals surface area contributed by atoms with Crippen LogP contribution >= 0.6 is 0 Å². The van der Waals surface area contributed by atoms with Crippen molar-refractivity contribution in [3.63, 3.8) is 0 Å². The first-order valence-electron chi connectivity index (χ1n) is 13.0. The Kier molecular flexibility index (Phi) is 7.97. The standard InChI is InChI=1S/C31H31F4NO4/c1-6-17-23(32)24(33)25(34)26(35)27(17)40-28(37)30(2,3)16-31(4,5)36-29(38)39-15-22-20-13-9-7-11-18(20)19-12-8-10-14-21(19)22/h7-14,22H,6,15-16H2,1-5H3,(H,36,38). The quantitative estimate of drug-likeness (QED) is 0.103. The van der Waals surface area contributed by atoms with Crippen molar-refractivity contribution in [2.45, 2.75) is 58.9 Å². The average molecular weight is 558 g/mol. The summed E-state index contributed by atoms with van der Waals surface area (Å²) in [7, 11) is 0. The van der Waals surface area contributed by atoms with Crippen molar-refractivity contribution in [2.75, 3.05) is 6.61 Å². The first-order chi connectivity index (χ1) is 18.8. The van der Waals surface area contributed by atoms with E-state index in [-0.39, 0.29) is 25.4 Å². The van der Waals surface area contributed by atoms with Gasteiger partial charge in [-0.05, 0) is 62.8 Å². The monoisotopic (exact) mass is 557 g/mol. The number of fused-ring (bicyclic) bond motifs is 3. The van der Waals surface area contributed by atoms with Gasteiger partial charge < -0.3 is 14.8 Å². The molecule has 0 radical (unpaired) electrons. The van der Waals surface area contributed by atoms with E-state index in [1.165, 1.54) is 20.8 Å². The minimum atomic E-state index is -2.06. The highest BCUT2D eigenvalue weighted by Crippen LogP contribution is 2.44. The van der Waals surface area contributed by atoms with Crippen molar-refractivity contribution in [2.24, 2.45) is 5.41 Å². The van der Waals surface area contributed by atoms with Gasteiger partial charge in [0.25, 0.3) is 0 Å². The van der Waals surface area contributed by atoms with Crippen LogP contribution in [0, 0.1) is 28.7 Å². The normalized spacial score (nSPS) is 13.0. The zero-order valence-corrected chi connectivity index (χ0v) is 23.0. The Balaban J connectivity index is 1.42. The van der Waals surface area contributed by atoms with E-state index in [1.807, 2.05) is 48.5 Å². The van der Waals surface area contributed by atoms with Crippen molar-refractivity contribution < 1.29 is 36.6 Å². The number of carbonyl (C=O) groups excluding carboxylic acids is 2. The van der Waals surface area contributed by atoms with E-state index < -0.39 is 57.6 Å². The molecule has 0 aliphatic heterocycles. The van der Waals surface area contributed by atoms with Crippen molar-refractivity contribution in [3.8, 4) is 16.9 Å². The largest absolute Gasteiger partial charge is 0.449 e. The highest BCUT2D eigenvalue weighted by Gasteiger charge is 2.39. The van der Waals surface area contributed by atoms with Crippen LogP contribution in [0.1, 0.15) is 63.6 Å².